The molecular weight excluding hydrogens is 443 g/mol. The second-order valence-corrected chi connectivity index (χ2v) is 7.15. The molecule has 1 heterocycles. The van der Waals surface area contributed by atoms with E-state index in [1.807, 2.05) is 0 Å². The van der Waals surface area contributed by atoms with Crippen LogP contribution in [0.4, 0.5) is 11.4 Å². The summed E-state index contributed by atoms with van der Waals surface area (Å²) in [6.07, 6.45) is 0. The predicted octanol–water partition coefficient (Wildman–Crippen LogP) is 6.71. The van der Waals surface area contributed by atoms with Crippen molar-refractivity contribution in [1.82, 2.24) is 0 Å². The van der Waals surface area contributed by atoms with E-state index in [2.05, 4.69) is 5.32 Å². The number of halogens is 3. The van der Waals surface area contributed by atoms with Crippen molar-refractivity contribution in [2.45, 2.75) is 0 Å². The highest BCUT2D eigenvalue weighted by Gasteiger charge is 2.29. The fourth-order valence-corrected chi connectivity index (χ4v) is 3.24. The second-order valence-electron chi connectivity index (χ2n) is 5.92. The molecule has 0 saturated heterocycles. The van der Waals surface area contributed by atoms with Crippen LogP contribution in [0.25, 0.3) is 0 Å². The van der Waals surface area contributed by atoms with Crippen LogP contribution in [0.1, 0.15) is 10.4 Å². The Hall–Kier alpha value is -3.00. The van der Waals surface area contributed by atoms with Crippen molar-refractivity contribution in [2.75, 3.05) is 5.32 Å². The lowest BCUT2D eigenvalue weighted by atomic mass is 10.1. The first kappa shape index (κ1) is 19.3. The van der Waals surface area contributed by atoms with Gasteiger partial charge in [-0.15, -0.1) is 0 Å². The van der Waals surface area contributed by atoms with Crippen LogP contribution in [-0.4, -0.2) is 10.8 Å². The topological polar surface area (TPSA) is 90.7 Å². The highest BCUT2D eigenvalue weighted by molar-refractivity contribution is 6.42. The van der Waals surface area contributed by atoms with Crippen LogP contribution in [0.15, 0.2) is 48.5 Å². The molecule has 1 amide bonds. The molecule has 4 rings (SSSR count). The number of amides is 1. The van der Waals surface area contributed by atoms with Gasteiger partial charge in [0.05, 0.1) is 27.8 Å². The molecule has 0 bridgehead atoms. The summed E-state index contributed by atoms with van der Waals surface area (Å²) in [6, 6.07) is 11.5. The van der Waals surface area contributed by atoms with Gasteiger partial charge in [-0.1, -0.05) is 40.9 Å². The van der Waals surface area contributed by atoms with E-state index in [-0.39, 0.29) is 44.3 Å². The van der Waals surface area contributed by atoms with Crippen molar-refractivity contribution < 1.29 is 19.2 Å². The Morgan fingerprint density at radius 2 is 1.79 bits per heavy atom. The first-order chi connectivity index (χ1) is 13.8. The normalized spacial score (nSPS) is 12.2. The Kier molecular flexibility index (Phi) is 4.96. The van der Waals surface area contributed by atoms with Gasteiger partial charge in [-0.2, -0.15) is 0 Å². The second kappa shape index (κ2) is 7.44. The minimum absolute atomic E-state index is 0.0426. The molecule has 3 aromatic carbocycles. The predicted molar refractivity (Wildman–Crippen MR) is 109 cm³/mol. The SMILES string of the molecule is O=C1Nc2cc(Cl)ccc2Oc2cc([N+](=O)[O-])cc(Oc3cccc(Cl)c3Cl)c21. The van der Waals surface area contributed by atoms with Crippen molar-refractivity contribution in [3.8, 4) is 23.0 Å². The van der Waals surface area contributed by atoms with Gasteiger partial charge in [0.25, 0.3) is 11.6 Å². The number of carbonyl (C=O) groups is 1. The summed E-state index contributed by atoms with van der Waals surface area (Å²) in [7, 11) is 0. The summed E-state index contributed by atoms with van der Waals surface area (Å²) >= 11 is 18.1. The van der Waals surface area contributed by atoms with Crippen LogP contribution in [0, 0.1) is 10.1 Å². The van der Waals surface area contributed by atoms with Gasteiger partial charge in [0.2, 0.25) is 0 Å². The summed E-state index contributed by atoms with van der Waals surface area (Å²) in [5, 5.41) is 14.8. The zero-order chi connectivity index (χ0) is 20.7. The van der Waals surface area contributed by atoms with E-state index in [1.54, 1.807) is 24.3 Å². The highest BCUT2D eigenvalue weighted by Crippen LogP contribution is 2.44. The standard InChI is InChI=1S/C19H9Cl3N2O5/c20-9-4-5-13-12(6-9)23-19(25)17-15(28-13)7-10(24(26)27)8-16(17)29-14-3-1-2-11(21)18(14)22/h1-8H,(H,23,25). The van der Waals surface area contributed by atoms with Gasteiger partial charge >= 0.3 is 0 Å². The molecule has 0 radical (unpaired) electrons. The summed E-state index contributed by atoms with van der Waals surface area (Å²) < 4.78 is 11.5. The third-order valence-electron chi connectivity index (χ3n) is 4.03. The molecule has 0 aliphatic carbocycles. The minimum atomic E-state index is -0.623. The molecular formula is C19H9Cl3N2O5. The van der Waals surface area contributed by atoms with E-state index in [1.165, 1.54) is 12.1 Å². The lowest BCUT2D eigenvalue weighted by Crippen LogP contribution is -2.12. The van der Waals surface area contributed by atoms with E-state index < -0.39 is 10.8 Å². The van der Waals surface area contributed by atoms with Crippen molar-refractivity contribution in [1.29, 1.82) is 0 Å². The number of nitro groups is 1. The number of nitrogens with zero attached hydrogens (tertiary/aromatic N) is 1. The maximum atomic E-state index is 12.9. The first-order valence-corrected chi connectivity index (χ1v) is 9.20. The molecule has 0 unspecified atom stereocenters. The van der Waals surface area contributed by atoms with Gasteiger partial charge in [-0.25, -0.2) is 0 Å². The third-order valence-corrected chi connectivity index (χ3v) is 5.07. The van der Waals surface area contributed by atoms with Gasteiger partial charge in [-0.05, 0) is 30.3 Å². The first-order valence-electron chi connectivity index (χ1n) is 8.06. The molecule has 1 aliphatic heterocycles. The number of hydrogen-bond acceptors (Lipinski definition) is 5. The molecule has 3 aromatic rings. The van der Waals surface area contributed by atoms with E-state index in [0.29, 0.717) is 10.7 Å². The molecule has 146 valence electrons. The van der Waals surface area contributed by atoms with E-state index in [0.717, 1.165) is 12.1 Å². The van der Waals surface area contributed by atoms with Crippen LogP contribution < -0.4 is 14.8 Å². The van der Waals surface area contributed by atoms with Gasteiger partial charge in [0, 0.05) is 5.02 Å². The van der Waals surface area contributed by atoms with Crippen LogP contribution in [0.2, 0.25) is 15.1 Å². The van der Waals surface area contributed by atoms with E-state index in [9.17, 15) is 14.9 Å². The molecule has 0 fully saturated rings. The zero-order valence-electron chi connectivity index (χ0n) is 14.2. The molecule has 0 atom stereocenters. The largest absolute Gasteiger partial charge is 0.454 e. The maximum absolute atomic E-state index is 12.9. The van der Waals surface area contributed by atoms with Gasteiger partial charge in [-0.3, -0.25) is 14.9 Å². The van der Waals surface area contributed by atoms with Crippen molar-refractivity contribution >= 4 is 52.1 Å². The number of anilines is 1. The van der Waals surface area contributed by atoms with Crippen LogP contribution in [0.5, 0.6) is 23.0 Å². The molecule has 10 heteroatoms. The van der Waals surface area contributed by atoms with Crippen LogP contribution in [-0.2, 0) is 0 Å². The van der Waals surface area contributed by atoms with E-state index in [4.69, 9.17) is 44.3 Å². The number of nitro benzene ring substituents is 1. The Morgan fingerprint density at radius 1 is 1.00 bits per heavy atom. The lowest BCUT2D eigenvalue weighted by Gasteiger charge is -2.13. The van der Waals surface area contributed by atoms with E-state index >= 15 is 0 Å². The summed E-state index contributed by atoms with van der Waals surface area (Å²) in [5.41, 5.74) is -0.0610. The minimum Gasteiger partial charge on any atom is -0.454 e. The highest BCUT2D eigenvalue weighted by atomic mass is 35.5. The summed E-state index contributed by atoms with van der Waals surface area (Å²) in [4.78, 5) is 23.7. The Balaban J connectivity index is 1.88. The van der Waals surface area contributed by atoms with Gasteiger partial charge in [0.15, 0.2) is 17.2 Å². The molecule has 0 spiro atoms. The smallest absolute Gasteiger partial charge is 0.276 e. The molecule has 0 saturated carbocycles. The van der Waals surface area contributed by atoms with Gasteiger partial charge in [0.1, 0.15) is 16.3 Å². The Bertz CT molecular complexity index is 1180. The molecule has 29 heavy (non-hydrogen) atoms. The average Bonchev–Trinajstić information content (AvgIpc) is 2.80. The van der Waals surface area contributed by atoms with Crippen molar-refractivity contribution in [3.63, 3.8) is 0 Å². The summed E-state index contributed by atoms with van der Waals surface area (Å²) in [6.45, 7) is 0. The Labute approximate surface area is 178 Å². The Morgan fingerprint density at radius 3 is 2.55 bits per heavy atom. The fraction of sp³-hybridized carbons (Fsp3) is 0. The number of fused-ring (bicyclic) bond motifs is 2. The molecule has 7 nitrogen and oxygen atoms in total. The summed E-state index contributed by atoms with van der Waals surface area (Å²) in [5.74, 6) is -0.363. The number of carbonyl (C=O) groups excluding carboxylic acids is 1. The van der Waals surface area contributed by atoms with Crippen molar-refractivity contribution in [3.05, 3.63) is 79.3 Å². The van der Waals surface area contributed by atoms with Crippen molar-refractivity contribution in [2.24, 2.45) is 0 Å². The number of non-ortho nitro benzene ring substituents is 1. The van der Waals surface area contributed by atoms with Gasteiger partial charge < -0.3 is 14.8 Å². The molecule has 1 aliphatic rings. The quantitative estimate of drug-likeness (QED) is 0.353. The number of rotatable bonds is 3. The fourth-order valence-electron chi connectivity index (χ4n) is 2.74. The number of benzene rings is 3. The maximum Gasteiger partial charge on any atom is 0.276 e. The third kappa shape index (κ3) is 3.67. The lowest BCUT2D eigenvalue weighted by molar-refractivity contribution is -0.385. The monoisotopic (exact) mass is 450 g/mol. The molecule has 1 N–H and O–H groups in total. The molecule has 0 aromatic heterocycles. The van der Waals surface area contributed by atoms with Crippen LogP contribution >= 0.6 is 34.8 Å². The average molecular weight is 452 g/mol. The number of nitrogens with one attached hydrogen (secondary N) is 1. The van der Waals surface area contributed by atoms with Crippen LogP contribution in [0.3, 0.4) is 0 Å². The zero-order valence-corrected chi connectivity index (χ0v) is 16.5. The number of hydrogen-bond donors (Lipinski definition) is 1. The number of ether oxygens (including phenoxy) is 2.